The Balaban J connectivity index is 1.67. The number of carbonyl (C=O) groups is 1. The molecule has 1 aliphatic rings. The average Bonchev–Trinajstić information content (AvgIpc) is 3.17. The Bertz CT molecular complexity index is 812. The molecule has 4 nitrogen and oxygen atoms in total. The Morgan fingerprint density at radius 2 is 1.96 bits per heavy atom. The van der Waals surface area contributed by atoms with Gasteiger partial charge in [-0.3, -0.25) is 4.79 Å². The van der Waals surface area contributed by atoms with Crippen LogP contribution in [0.25, 0.3) is 6.08 Å². The van der Waals surface area contributed by atoms with Crippen LogP contribution in [0.3, 0.4) is 0 Å². The molecule has 0 bridgehead atoms. The molecule has 2 aromatic rings. The molecule has 0 N–H and O–H groups in total. The Kier molecular flexibility index (Phi) is 6.11. The van der Waals surface area contributed by atoms with Gasteiger partial charge >= 0.3 is 0 Å². The van der Waals surface area contributed by atoms with Crippen LogP contribution in [-0.4, -0.2) is 42.9 Å². The fraction of sp³-hybridized carbons (Fsp3) is 0.409. The topological polar surface area (TPSA) is 36.7 Å². The van der Waals surface area contributed by atoms with E-state index in [-0.39, 0.29) is 18.3 Å². The highest BCUT2D eigenvalue weighted by molar-refractivity contribution is 5.91. The van der Waals surface area contributed by atoms with Gasteiger partial charge in [0.25, 0.3) is 0 Å². The van der Waals surface area contributed by atoms with Gasteiger partial charge in [0, 0.05) is 37.2 Å². The second-order valence-corrected chi connectivity index (χ2v) is 7.55. The van der Waals surface area contributed by atoms with Crippen molar-refractivity contribution in [2.75, 3.05) is 27.2 Å². The van der Waals surface area contributed by atoms with Crippen molar-refractivity contribution in [1.82, 2.24) is 9.80 Å². The molecule has 3 rings (SSSR count). The van der Waals surface area contributed by atoms with Crippen molar-refractivity contribution < 1.29 is 13.6 Å². The van der Waals surface area contributed by atoms with Crippen LogP contribution in [0.5, 0.6) is 0 Å². The summed E-state index contributed by atoms with van der Waals surface area (Å²) in [5.74, 6) is 2.41. The van der Waals surface area contributed by atoms with Gasteiger partial charge in [-0.15, -0.1) is 0 Å². The molecule has 2 unspecified atom stereocenters. The van der Waals surface area contributed by atoms with Gasteiger partial charge in [-0.2, -0.15) is 0 Å². The SMILES string of the molecule is CC1CC1c1ccc(/C=C/C(=O)N(CCN(C)C)Cc2ccccc2F)o1. The highest BCUT2D eigenvalue weighted by Gasteiger charge is 2.36. The van der Waals surface area contributed by atoms with Gasteiger partial charge in [-0.05, 0) is 50.7 Å². The molecule has 0 radical (unpaired) electrons. The molecule has 27 heavy (non-hydrogen) atoms. The van der Waals surface area contributed by atoms with E-state index in [9.17, 15) is 9.18 Å². The third-order valence-electron chi connectivity index (χ3n) is 4.96. The lowest BCUT2D eigenvalue weighted by Crippen LogP contribution is -2.35. The van der Waals surface area contributed by atoms with Crippen LogP contribution in [0.1, 0.15) is 36.3 Å². The zero-order valence-corrected chi connectivity index (χ0v) is 16.2. The summed E-state index contributed by atoms with van der Waals surface area (Å²) in [5, 5.41) is 0. The minimum atomic E-state index is -0.293. The van der Waals surface area contributed by atoms with Crippen LogP contribution >= 0.6 is 0 Å². The van der Waals surface area contributed by atoms with Crippen molar-refractivity contribution in [3.05, 3.63) is 65.4 Å². The molecular weight excluding hydrogens is 343 g/mol. The maximum atomic E-state index is 14.0. The van der Waals surface area contributed by atoms with Crippen molar-refractivity contribution in [3.8, 4) is 0 Å². The number of hydrogen-bond donors (Lipinski definition) is 0. The van der Waals surface area contributed by atoms with Gasteiger partial charge in [0.2, 0.25) is 5.91 Å². The molecule has 5 heteroatoms. The molecule has 2 atom stereocenters. The largest absolute Gasteiger partial charge is 0.461 e. The number of hydrogen-bond acceptors (Lipinski definition) is 3. The van der Waals surface area contributed by atoms with Gasteiger partial charge in [0.15, 0.2) is 0 Å². The summed E-state index contributed by atoms with van der Waals surface area (Å²) in [4.78, 5) is 16.4. The number of furan rings is 1. The van der Waals surface area contributed by atoms with E-state index >= 15 is 0 Å². The van der Waals surface area contributed by atoms with Crippen LogP contribution in [-0.2, 0) is 11.3 Å². The molecule has 0 spiro atoms. The Morgan fingerprint density at radius 1 is 1.22 bits per heavy atom. The van der Waals surface area contributed by atoms with E-state index in [1.54, 1.807) is 29.2 Å². The van der Waals surface area contributed by atoms with E-state index < -0.39 is 0 Å². The number of halogens is 1. The van der Waals surface area contributed by atoms with Crippen molar-refractivity contribution >= 4 is 12.0 Å². The van der Waals surface area contributed by atoms with Crippen LogP contribution in [0.15, 0.2) is 46.9 Å². The summed E-state index contributed by atoms with van der Waals surface area (Å²) in [5.41, 5.74) is 0.515. The summed E-state index contributed by atoms with van der Waals surface area (Å²) in [6, 6.07) is 10.5. The van der Waals surface area contributed by atoms with Crippen molar-refractivity contribution in [2.24, 2.45) is 5.92 Å². The lowest BCUT2D eigenvalue weighted by molar-refractivity contribution is -0.126. The molecule has 1 aromatic carbocycles. The van der Waals surface area contributed by atoms with E-state index in [1.807, 2.05) is 31.1 Å². The zero-order chi connectivity index (χ0) is 19.4. The van der Waals surface area contributed by atoms with Gasteiger partial charge in [0.1, 0.15) is 17.3 Å². The molecule has 1 aromatic heterocycles. The first-order valence-corrected chi connectivity index (χ1v) is 9.39. The van der Waals surface area contributed by atoms with Gasteiger partial charge in [0.05, 0.1) is 0 Å². The molecule has 144 valence electrons. The average molecular weight is 370 g/mol. The van der Waals surface area contributed by atoms with Crippen molar-refractivity contribution in [3.63, 3.8) is 0 Å². The van der Waals surface area contributed by atoms with Crippen LogP contribution in [0.2, 0.25) is 0 Å². The lowest BCUT2D eigenvalue weighted by Gasteiger charge is -2.23. The normalized spacial score (nSPS) is 19.0. The standard InChI is InChI=1S/C22H27FN2O2/c1-16-14-19(16)21-10-8-18(27-21)9-11-22(26)25(13-12-24(2)3)15-17-6-4-5-7-20(17)23/h4-11,16,19H,12-15H2,1-3H3/b11-9+. The minimum Gasteiger partial charge on any atom is -0.461 e. The summed E-state index contributed by atoms with van der Waals surface area (Å²) in [6.45, 7) is 3.68. The Labute approximate surface area is 160 Å². The number of rotatable bonds is 8. The predicted molar refractivity (Wildman–Crippen MR) is 105 cm³/mol. The fourth-order valence-corrected chi connectivity index (χ4v) is 3.05. The zero-order valence-electron chi connectivity index (χ0n) is 16.2. The molecule has 0 aliphatic heterocycles. The Hall–Kier alpha value is -2.40. The van der Waals surface area contributed by atoms with Gasteiger partial charge < -0.3 is 14.2 Å². The van der Waals surface area contributed by atoms with Crippen LogP contribution in [0, 0.1) is 11.7 Å². The third-order valence-corrected chi connectivity index (χ3v) is 4.96. The van der Waals surface area contributed by atoms with Crippen LogP contribution in [0.4, 0.5) is 4.39 Å². The second-order valence-electron chi connectivity index (χ2n) is 7.55. The first kappa shape index (κ1) is 19.4. The van der Waals surface area contributed by atoms with E-state index in [0.717, 1.165) is 12.2 Å². The number of benzene rings is 1. The molecule has 0 saturated heterocycles. The van der Waals surface area contributed by atoms with Crippen LogP contribution < -0.4 is 0 Å². The second kappa shape index (κ2) is 8.53. The van der Waals surface area contributed by atoms with E-state index in [1.165, 1.54) is 12.1 Å². The highest BCUT2D eigenvalue weighted by Crippen LogP contribution is 2.47. The molecule has 1 fully saturated rings. The lowest BCUT2D eigenvalue weighted by atomic mass is 10.2. The van der Waals surface area contributed by atoms with Gasteiger partial charge in [-0.25, -0.2) is 4.39 Å². The molecule has 1 saturated carbocycles. The van der Waals surface area contributed by atoms with Crippen molar-refractivity contribution in [2.45, 2.75) is 25.8 Å². The number of carbonyl (C=O) groups excluding carboxylic acids is 1. The summed E-state index contributed by atoms with van der Waals surface area (Å²) >= 11 is 0. The maximum Gasteiger partial charge on any atom is 0.247 e. The summed E-state index contributed by atoms with van der Waals surface area (Å²) in [7, 11) is 3.90. The molecular formula is C22H27FN2O2. The monoisotopic (exact) mass is 370 g/mol. The first-order valence-electron chi connectivity index (χ1n) is 9.39. The summed E-state index contributed by atoms with van der Waals surface area (Å²) in [6.07, 6.45) is 4.37. The number of likely N-dealkylation sites (N-methyl/N-ethyl adjacent to an activating group) is 1. The highest BCUT2D eigenvalue weighted by atomic mass is 19.1. The maximum absolute atomic E-state index is 14.0. The minimum absolute atomic E-state index is 0.155. The quantitative estimate of drug-likeness (QED) is 0.655. The van der Waals surface area contributed by atoms with E-state index in [2.05, 4.69) is 6.92 Å². The summed E-state index contributed by atoms with van der Waals surface area (Å²) < 4.78 is 19.8. The third kappa shape index (κ3) is 5.30. The smallest absolute Gasteiger partial charge is 0.247 e. The molecule has 1 amide bonds. The fourth-order valence-electron chi connectivity index (χ4n) is 3.05. The Morgan fingerprint density at radius 3 is 2.63 bits per heavy atom. The molecule has 1 heterocycles. The number of nitrogens with zero attached hydrogens (tertiary/aromatic N) is 2. The van der Waals surface area contributed by atoms with E-state index in [0.29, 0.717) is 36.2 Å². The van der Waals surface area contributed by atoms with Crippen molar-refractivity contribution in [1.29, 1.82) is 0 Å². The van der Waals surface area contributed by atoms with Gasteiger partial charge in [-0.1, -0.05) is 25.1 Å². The first-order chi connectivity index (χ1) is 12.9. The number of amides is 1. The van der Waals surface area contributed by atoms with E-state index in [4.69, 9.17) is 4.42 Å². The molecule has 1 aliphatic carbocycles. The predicted octanol–water partition coefficient (Wildman–Crippen LogP) is 4.15.